The molecule has 0 aliphatic carbocycles. The third-order valence-electron chi connectivity index (χ3n) is 5.39. The smallest absolute Gasteiger partial charge is 0.416 e. The average Bonchev–Trinajstić information content (AvgIpc) is 3.00. The Morgan fingerprint density at radius 3 is 2.19 bits per heavy atom. The summed E-state index contributed by atoms with van der Waals surface area (Å²) < 4.78 is 37.8. The maximum absolute atomic E-state index is 12.7. The van der Waals surface area contributed by atoms with E-state index in [0.717, 1.165) is 12.1 Å². The largest absolute Gasteiger partial charge is 0.481 e. The van der Waals surface area contributed by atoms with E-state index >= 15 is 0 Å². The number of carbonyl (C=O) groups is 2. The zero-order chi connectivity index (χ0) is 19.7. The number of aliphatic carboxylic acids is 1. The minimum absolute atomic E-state index is 0.0944. The summed E-state index contributed by atoms with van der Waals surface area (Å²) >= 11 is 0. The number of amides is 1. The number of hydrogen-bond donors (Lipinski definition) is 1. The number of alkyl halides is 3. The lowest BCUT2D eigenvalue weighted by atomic mass is 9.76. The lowest BCUT2D eigenvalue weighted by molar-refractivity contribution is -0.151. The molecule has 4 nitrogen and oxygen atoms in total. The summed E-state index contributed by atoms with van der Waals surface area (Å²) in [6.07, 6.45) is -3.65. The van der Waals surface area contributed by atoms with Gasteiger partial charge in [-0.3, -0.25) is 9.59 Å². The monoisotopic (exact) mass is 371 g/mol. The molecule has 1 aromatic rings. The molecule has 2 atom stereocenters. The second-order valence-electron chi connectivity index (χ2n) is 7.43. The fourth-order valence-electron chi connectivity index (χ4n) is 3.50. The first-order chi connectivity index (χ1) is 12.0. The molecule has 1 aliphatic rings. The molecule has 1 amide bonds. The van der Waals surface area contributed by atoms with E-state index in [9.17, 15) is 27.9 Å². The number of nitrogens with zero attached hydrogens (tertiary/aromatic N) is 1. The van der Waals surface area contributed by atoms with E-state index in [1.54, 1.807) is 11.8 Å². The fraction of sp³-hybridized carbons (Fsp3) is 0.579. The molecule has 2 unspecified atom stereocenters. The van der Waals surface area contributed by atoms with Crippen molar-refractivity contribution < 1.29 is 27.9 Å². The Morgan fingerprint density at radius 1 is 1.19 bits per heavy atom. The van der Waals surface area contributed by atoms with Crippen LogP contribution in [0.1, 0.15) is 38.3 Å². The van der Waals surface area contributed by atoms with Gasteiger partial charge in [0.05, 0.1) is 11.0 Å². The predicted molar refractivity (Wildman–Crippen MR) is 90.4 cm³/mol. The van der Waals surface area contributed by atoms with Crippen LogP contribution in [0.3, 0.4) is 0 Å². The maximum atomic E-state index is 12.7. The van der Waals surface area contributed by atoms with Gasteiger partial charge in [0.15, 0.2) is 0 Å². The highest BCUT2D eigenvalue weighted by molar-refractivity contribution is 5.82. The van der Waals surface area contributed by atoms with Crippen molar-refractivity contribution in [1.82, 2.24) is 4.90 Å². The van der Waals surface area contributed by atoms with Crippen LogP contribution in [0.25, 0.3) is 0 Å². The van der Waals surface area contributed by atoms with Gasteiger partial charge in [0.25, 0.3) is 0 Å². The Balaban J connectivity index is 2.03. The van der Waals surface area contributed by atoms with E-state index in [1.165, 1.54) is 12.1 Å². The summed E-state index contributed by atoms with van der Waals surface area (Å²) in [4.78, 5) is 25.9. The number of rotatable bonds is 5. The van der Waals surface area contributed by atoms with Gasteiger partial charge < -0.3 is 10.0 Å². The predicted octanol–water partition coefficient (Wildman–Crippen LogP) is 3.84. The first-order valence-corrected chi connectivity index (χ1v) is 8.65. The van der Waals surface area contributed by atoms with E-state index in [4.69, 9.17) is 0 Å². The van der Waals surface area contributed by atoms with E-state index in [-0.39, 0.29) is 18.4 Å². The van der Waals surface area contributed by atoms with Gasteiger partial charge in [0, 0.05) is 19.0 Å². The number of halogens is 3. The Hall–Kier alpha value is -2.05. The average molecular weight is 371 g/mol. The summed E-state index contributed by atoms with van der Waals surface area (Å²) in [5.74, 6) is -1.57. The highest BCUT2D eigenvalue weighted by Crippen LogP contribution is 2.38. The standard InChI is InChI=1S/C19H24F3NO3/c1-12(2)18(17(25)26)8-9-23(11-18)16(24)13(3)10-14-4-6-15(7-5-14)19(20,21)22/h4-7,12-13H,8-11H2,1-3H3,(H,25,26). The van der Waals surface area contributed by atoms with Gasteiger partial charge in [0.1, 0.15) is 0 Å². The Morgan fingerprint density at radius 2 is 1.77 bits per heavy atom. The van der Waals surface area contributed by atoms with Crippen molar-refractivity contribution in [2.75, 3.05) is 13.1 Å². The number of hydrogen-bond acceptors (Lipinski definition) is 2. The highest BCUT2D eigenvalue weighted by Gasteiger charge is 2.48. The van der Waals surface area contributed by atoms with E-state index in [1.807, 2.05) is 13.8 Å². The quantitative estimate of drug-likeness (QED) is 0.856. The number of benzene rings is 1. The van der Waals surface area contributed by atoms with Crippen molar-refractivity contribution in [3.63, 3.8) is 0 Å². The molecule has 1 heterocycles. The lowest BCUT2D eigenvalue weighted by Crippen LogP contribution is -2.42. The molecular formula is C19H24F3NO3. The van der Waals surface area contributed by atoms with E-state index < -0.39 is 29.0 Å². The number of carboxylic acids is 1. The molecule has 1 aliphatic heterocycles. The SMILES string of the molecule is CC(Cc1ccc(C(F)(F)F)cc1)C(=O)N1CCC(C(=O)O)(C(C)C)C1. The van der Waals surface area contributed by atoms with Crippen LogP contribution in [0.2, 0.25) is 0 Å². The summed E-state index contributed by atoms with van der Waals surface area (Å²) in [7, 11) is 0. The summed E-state index contributed by atoms with van der Waals surface area (Å²) in [6.45, 7) is 5.97. The van der Waals surface area contributed by atoms with Crippen LogP contribution in [0, 0.1) is 17.3 Å². The first-order valence-electron chi connectivity index (χ1n) is 8.65. The van der Waals surface area contributed by atoms with Crippen molar-refractivity contribution in [1.29, 1.82) is 0 Å². The summed E-state index contributed by atoms with van der Waals surface area (Å²) in [5.41, 5.74) is -1.00. The molecule has 144 valence electrons. The van der Waals surface area contributed by atoms with Crippen LogP contribution < -0.4 is 0 Å². The molecule has 0 radical (unpaired) electrons. The van der Waals surface area contributed by atoms with Crippen LogP contribution >= 0.6 is 0 Å². The normalized spacial score (nSPS) is 21.9. The van der Waals surface area contributed by atoms with Crippen LogP contribution in [0.4, 0.5) is 13.2 Å². The van der Waals surface area contributed by atoms with Crippen molar-refractivity contribution >= 4 is 11.9 Å². The van der Waals surface area contributed by atoms with Gasteiger partial charge in [0.2, 0.25) is 5.91 Å². The van der Waals surface area contributed by atoms with Crippen molar-refractivity contribution in [3.8, 4) is 0 Å². The first kappa shape index (κ1) is 20.3. The van der Waals surface area contributed by atoms with Crippen molar-refractivity contribution in [3.05, 3.63) is 35.4 Å². The zero-order valence-corrected chi connectivity index (χ0v) is 15.1. The summed E-state index contributed by atoms with van der Waals surface area (Å²) in [6, 6.07) is 4.78. The second kappa shape index (κ2) is 7.29. The molecule has 1 aromatic carbocycles. The van der Waals surface area contributed by atoms with Crippen LogP contribution in [-0.2, 0) is 22.2 Å². The Bertz CT molecular complexity index is 670. The number of carboxylic acid groups (broad SMARTS) is 1. The van der Waals surface area contributed by atoms with Gasteiger partial charge in [-0.15, -0.1) is 0 Å². The van der Waals surface area contributed by atoms with Gasteiger partial charge in [-0.05, 0) is 36.5 Å². The van der Waals surface area contributed by atoms with Gasteiger partial charge in [-0.1, -0.05) is 32.9 Å². The molecule has 0 aromatic heterocycles. The molecular weight excluding hydrogens is 347 g/mol. The Labute approximate surface area is 151 Å². The van der Waals surface area contributed by atoms with Crippen LogP contribution in [0.5, 0.6) is 0 Å². The second-order valence-corrected chi connectivity index (χ2v) is 7.43. The van der Waals surface area contributed by atoms with Gasteiger partial charge in [-0.2, -0.15) is 13.2 Å². The molecule has 0 spiro atoms. The molecule has 1 fully saturated rings. The maximum Gasteiger partial charge on any atom is 0.416 e. The molecule has 26 heavy (non-hydrogen) atoms. The molecule has 2 rings (SSSR count). The third-order valence-corrected chi connectivity index (χ3v) is 5.39. The molecule has 1 saturated heterocycles. The molecule has 1 N–H and O–H groups in total. The summed E-state index contributed by atoms with van der Waals surface area (Å²) in [5, 5.41) is 9.57. The van der Waals surface area contributed by atoms with E-state index in [2.05, 4.69) is 0 Å². The number of likely N-dealkylation sites (tertiary alicyclic amines) is 1. The van der Waals surface area contributed by atoms with Gasteiger partial charge in [-0.25, -0.2) is 0 Å². The number of carbonyl (C=O) groups excluding carboxylic acids is 1. The van der Waals surface area contributed by atoms with E-state index in [0.29, 0.717) is 24.9 Å². The fourth-order valence-corrected chi connectivity index (χ4v) is 3.50. The van der Waals surface area contributed by atoms with Crippen LogP contribution in [0.15, 0.2) is 24.3 Å². The van der Waals surface area contributed by atoms with Crippen LogP contribution in [-0.4, -0.2) is 35.0 Å². The van der Waals surface area contributed by atoms with Crippen molar-refractivity contribution in [2.45, 2.75) is 39.8 Å². The minimum atomic E-state index is -4.38. The topological polar surface area (TPSA) is 57.6 Å². The minimum Gasteiger partial charge on any atom is -0.481 e. The molecule has 7 heteroatoms. The Kier molecular flexibility index (Phi) is 5.68. The van der Waals surface area contributed by atoms with Gasteiger partial charge >= 0.3 is 12.1 Å². The zero-order valence-electron chi connectivity index (χ0n) is 15.1. The molecule has 0 saturated carbocycles. The van der Waals surface area contributed by atoms with Crippen molar-refractivity contribution in [2.24, 2.45) is 17.3 Å². The highest BCUT2D eigenvalue weighted by atomic mass is 19.4. The third kappa shape index (κ3) is 4.02. The lowest BCUT2D eigenvalue weighted by Gasteiger charge is -2.29. The molecule has 0 bridgehead atoms.